The molecule has 0 aliphatic heterocycles. The summed E-state index contributed by atoms with van der Waals surface area (Å²) < 4.78 is 28.3. The van der Waals surface area contributed by atoms with E-state index in [0.29, 0.717) is 18.3 Å². The fourth-order valence-corrected chi connectivity index (χ4v) is 2.26. The third-order valence-electron chi connectivity index (χ3n) is 3.33. The highest BCUT2D eigenvalue weighted by atomic mass is 19.1. The van der Waals surface area contributed by atoms with Crippen LogP contribution in [0, 0.1) is 11.6 Å². The molecule has 3 rings (SSSR count). The molecule has 110 valence electrons. The second-order valence-electron chi connectivity index (χ2n) is 4.86. The van der Waals surface area contributed by atoms with Crippen molar-refractivity contribution in [3.05, 3.63) is 83.2 Å². The van der Waals surface area contributed by atoms with Crippen molar-refractivity contribution < 1.29 is 13.6 Å². The molecule has 0 saturated heterocycles. The number of rotatable bonds is 4. The third kappa shape index (κ3) is 2.79. The molecule has 0 spiro atoms. The number of hydrogen-bond donors (Lipinski definition) is 0. The van der Waals surface area contributed by atoms with E-state index in [0.717, 1.165) is 23.8 Å². The van der Waals surface area contributed by atoms with Crippen LogP contribution in [0.5, 0.6) is 0 Å². The number of nitrogens with zero attached hydrogens (tertiary/aromatic N) is 2. The summed E-state index contributed by atoms with van der Waals surface area (Å²) in [6, 6.07) is 12.7. The molecular formula is C17H12F2N2O. The second-order valence-corrected chi connectivity index (χ2v) is 4.86. The first-order valence-corrected chi connectivity index (χ1v) is 6.70. The van der Waals surface area contributed by atoms with Crippen LogP contribution in [-0.4, -0.2) is 16.1 Å². The summed E-state index contributed by atoms with van der Waals surface area (Å²) >= 11 is 0. The molecule has 5 heteroatoms. The van der Waals surface area contributed by atoms with Crippen molar-refractivity contribution in [2.24, 2.45) is 0 Å². The minimum absolute atomic E-state index is 0.0255. The lowest BCUT2D eigenvalue weighted by Crippen LogP contribution is -1.99. The summed E-state index contributed by atoms with van der Waals surface area (Å²) in [5.74, 6) is -1.17. The molecule has 0 aliphatic rings. The molecule has 0 bridgehead atoms. The minimum Gasteiger partial charge on any atom is -0.296 e. The zero-order valence-corrected chi connectivity index (χ0v) is 11.5. The highest BCUT2D eigenvalue weighted by Gasteiger charge is 2.13. The van der Waals surface area contributed by atoms with Crippen molar-refractivity contribution in [1.29, 1.82) is 0 Å². The van der Waals surface area contributed by atoms with Gasteiger partial charge in [-0.1, -0.05) is 30.3 Å². The lowest BCUT2D eigenvalue weighted by Gasteiger charge is -2.02. The number of aromatic nitrogens is 2. The third-order valence-corrected chi connectivity index (χ3v) is 3.33. The molecule has 1 aromatic heterocycles. The van der Waals surface area contributed by atoms with Crippen molar-refractivity contribution in [3.8, 4) is 5.69 Å². The van der Waals surface area contributed by atoms with Gasteiger partial charge in [-0.3, -0.25) is 4.79 Å². The van der Waals surface area contributed by atoms with E-state index in [1.165, 1.54) is 4.68 Å². The summed E-state index contributed by atoms with van der Waals surface area (Å²) in [6.07, 6.45) is 2.66. The molecule has 3 nitrogen and oxygen atoms in total. The second kappa shape index (κ2) is 5.89. The Hall–Kier alpha value is -2.82. The van der Waals surface area contributed by atoms with Gasteiger partial charge < -0.3 is 0 Å². The predicted octanol–water partition coefficient (Wildman–Crippen LogP) is 3.55. The molecule has 0 fully saturated rings. The topological polar surface area (TPSA) is 34.9 Å². The van der Waals surface area contributed by atoms with Crippen LogP contribution in [0.25, 0.3) is 5.69 Å². The summed E-state index contributed by atoms with van der Waals surface area (Å²) in [5, 5.41) is 4.04. The van der Waals surface area contributed by atoms with Crippen LogP contribution in [0.15, 0.2) is 54.7 Å². The average molecular weight is 298 g/mol. The fourth-order valence-electron chi connectivity index (χ4n) is 2.26. The Labute approximate surface area is 125 Å². The van der Waals surface area contributed by atoms with Gasteiger partial charge in [0, 0.05) is 24.2 Å². The molecule has 2 aromatic carbocycles. The number of benzene rings is 2. The van der Waals surface area contributed by atoms with Gasteiger partial charge >= 0.3 is 0 Å². The highest BCUT2D eigenvalue weighted by Crippen LogP contribution is 2.18. The summed E-state index contributed by atoms with van der Waals surface area (Å²) in [7, 11) is 0. The van der Waals surface area contributed by atoms with E-state index in [9.17, 15) is 13.6 Å². The molecule has 0 N–H and O–H groups in total. The van der Waals surface area contributed by atoms with Gasteiger partial charge in [-0.2, -0.15) is 5.10 Å². The monoisotopic (exact) mass is 298 g/mol. The van der Waals surface area contributed by atoms with E-state index in [2.05, 4.69) is 5.10 Å². The fraction of sp³-hybridized carbons (Fsp3) is 0.0588. The van der Waals surface area contributed by atoms with Crippen LogP contribution < -0.4 is 0 Å². The van der Waals surface area contributed by atoms with Gasteiger partial charge in [0.1, 0.15) is 23.0 Å². The van der Waals surface area contributed by atoms with Crippen molar-refractivity contribution in [2.45, 2.75) is 6.42 Å². The molecule has 0 amide bonds. The van der Waals surface area contributed by atoms with Crippen molar-refractivity contribution in [3.63, 3.8) is 0 Å². The molecule has 1 heterocycles. The Kier molecular flexibility index (Phi) is 3.78. The first-order valence-electron chi connectivity index (χ1n) is 6.70. The SMILES string of the molecule is O=Cc1nn(-c2cc(F)ccc2F)cc1Cc1ccccc1. The quantitative estimate of drug-likeness (QED) is 0.690. The van der Waals surface area contributed by atoms with Gasteiger partial charge in [0.05, 0.1) is 0 Å². The zero-order valence-electron chi connectivity index (χ0n) is 11.5. The molecule has 0 atom stereocenters. The Balaban J connectivity index is 2.01. The Morgan fingerprint density at radius 2 is 1.86 bits per heavy atom. The van der Waals surface area contributed by atoms with Crippen LogP contribution >= 0.6 is 0 Å². The van der Waals surface area contributed by atoms with Gasteiger partial charge in [0.25, 0.3) is 0 Å². The molecule has 22 heavy (non-hydrogen) atoms. The summed E-state index contributed by atoms with van der Waals surface area (Å²) in [4.78, 5) is 11.2. The minimum atomic E-state index is -0.604. The van der Waals surface area contributed by atoms with Gasteiger partial charge in [-0.05, 0) is 17.7 Å². The molecule has 0 radical (unpaired) electrons. The van der Waals surface area contributed by atoms with Crippen molar-refractivity contribution >= 4 is 6.29 Å². The lowest BCUT2D eigenvalue weighted by molar-refractivity contribution is 0.111. The van der Waals surface area contributed by atoms with Crippen LogP contribution in [0.4, 0.5) is 8.78 Å². The predicted molar refractivity (Wildman–Crippen MR) is 78.1 cm³/mol. The standard InChI is InChI=1S/C17H12F2N2O/c18-14-6-7-15(19)17(9-14)21-10-13(16(11-22)20-21)8-12-4-2-1-3-5-12/h1-7,9-11H,8H2. The Morgan fingerprint density at radius 1 is 1.09 bits per heavy atom. The first kappa shape index (κ1) is 14.1. The van der Waals surface area contributed by atoms with Gasteiger partial charge in [0.15, 0.2) is 6.29 Å². The number of carbonyl (C=O) groups is 1. The number of halogens is 2. The van der Waals surface area contributed by atoms with E-state index in [4.69, 9.17) is 0 Å². The van der Waals surface area contributed by atoms with E-state index in [1.807, 2.05) is 30.3 Å². The maximum Gasteiger partial charge on any atom is 0.170 e. The maximum absolute atomic E-state index is 13.8. The number of aldehydes is 1. The molecule has 0 unspecified atom stereocenters. The van der Waals surface area contributed by atoms with E-state index in [1.54, 1.807) is 6.20 Å². The smallest absolute Gasteiger partial charge is 0.170 e. The highest BCUT2D eigenvalue weighted by molar-refractivity contribution is 5.74. The Bertz CT molecular complexity index is 813. The van der Waals surface area contributed by atoms with Crippen molar-refractivity contribution in [1.82, 2.24) is 9.78 Å². The van der Waals surface area contributed by atoms with Crippen molar-refractivity contribution in [2.75, 3.05) is 0 Å². The van der Waals surface area contributed by atoms with Crippen LogP contribution in [0.3, 0.4) is 0 Å². The zero-order chi connectivity index (χ0) is 15.5. The largest absolute Gasteiger partial charge is 0.296 e. The average Bonchev–Trinajstić information content (AvgIpc) is 2.93. The number of hydrogen-bond acceptors (Lipinski definition) is 2. The van der Waals surface area contributed by atoms with E-state index >= 15 is 0 Å². The molecular weight excluding hydrogens is 286 g/mol. The summed E-state index contributed by atoms with van der Waals surface area (Å²) in [6.45, 7) is 0. The Morgan fingerprint density at radius 3 is 2.59 bits per heavy atom. The van der Waals surface area contributed by atoms with Gasteiger partial charge in [-0.15, -0.1) is 0 Å². The van der Waals surface area contributed by atoms with E-state index < -0.39 is 11.6 Å². The number of carbonyl (C=O) groups excluding carboxylic acids is 1. The lowest BCUT2D eigenvalue weighted by atomic mass is 10.1. The summed E-state index contributed by atoms with van der Waals surface area (Å²) in [5.41, 5.74) is 1.85. The van der Waals surface area contributed by atoms with Crippen LogP contribution in [0.2, 0.25) is 0 Å². The van der Waals surface area contributed by atoms with E-state index in [-0.39, 0.29) is 11.4 Å². The van der Waals surface area contributed by atoms with Gasteiger partial charge in [-0.25, -0.2) is 13.5 Å². The van der Waals surface area contributed by atoms with Crippen LogP contribution in [-0.2, 0) is 6.42 Å². The normalized spacial score (nSPS) is 10.6. The first-order chi connectivity index (χ1) is 10.7. The molecule has 0 aliphatic carbocycles. The molecule has 3 aromatic rings. The van der Waals surface area contributed by atoms with Crippen LogP contribution in [0.1, 0.15) is 21.6 Å². The molecule has 0 saturated carbocycles. The maximum atomic E-state index is 13.8. The van der Waals surface area contributed by atoms with Gasteiger partial charge in [0.2, 0.25) is 0 Å².